The molecule has 0 saturated carbocycles. The lowest BCUT2D eigenvalue weighted by molar-refractivity contribution is 0.0688. The molecule has 0 aliphatic carbocycles. The van der Waals surface area contributed by atoms with Crippen molar-refractivity contribution in [1.29, 1.82) is 0 Å². The SMILES string of the molecule is CC(C)c1c(C(=O)O)nnn1Cc1ccc(C(C)(C)C)cc1. The predicted molar refractivity (Wildman–Crippen MR) is 85.3 cm³/mol. The molecule has 1 aromatic carbocycles. The van der Waals surface area contributed by atoms with Crippen molar-refractivity contribution in [3.8, 4) is 0 Å². The molecular formula is C17H23N3O2. The van der Waals surface area contributed by atoms with Crippen molar-refractivity contribution in [2.45, 2.75) is 52.5 Å². The quantitative estimate of drug-likeness (QED) is 0.939. The predicted octanol–water partition coefficient (Wildman–Crippen LogP) is 3.45. The van der Waals surface area contributed by atoms with Crippen molar-refractivity contribution in [2.24, 2.45) is 0 Å². The minimum atomic E-state index is -1.03. The molecule has 2 aromatic rings. The van der Waals surface area contributed by atoms with Crippen LogP contribution in [0.1, 0.15) is 67.8 Å². The Bertz CT molecular complexity index is 664. The van der Waals surface area contributed by atoms with Crippen molar-refractivity contribution in [3.05, 3.63) is 46.8 Å². The van der Waals surface area contributed by atoms with Gasteiger partial charge in [-0.25, -0.2) is 9.48 Å². The summed E-state index contributed by atoms with van der Waals surface area (Å²) in [5.41, 5.74) is 3.17. The van der Waals surface area contributed by atoms with Gasteiger partial charge in [0.2, 0.25) is 0 Å². The second kappa shape index (κ2) is 5.91. The summed E-state index contributed by atoms with van der Waals surface area (Å²) in [6.45, 7) is 11.0. The van der Waals surface area contributed by atoms with E-state index in [0.29, 0.717) is 12.2 Å². The van der Waals surface area contributed by atoms with Crippen LogP contribution >= 0.6 is 0 Å². The number of carboxylic acid groups (broad SMARTS) is 1. The van der Waals surface area contributed by atoms with Gasteiger partial charge >= 0.3 is 5.97 Å². The molecule has 0 radical (unpaired) electrons. The maximum absolute atomic E-state index is 11.2. The van der Waals surface area contributed by atoms with Crippen LogP contribution < -0.4 is 0 Å². The average molecular weight is 301 g/mol. The zero-order valence-corrected chi connectivity index (χ0v) is 13.8. The molecule has 0 aliphatic heterocycles. The van der Waals surface area contributed by atoms with Crippen molar-refractivity contribution < 1.29 is 9.90 Å². The van der Waals surface area contributed by atoms with Crippen molar-refractivity contribution >= 4 is 5.97 Å². The van der Waals surface area contributed by atoms with Crippen LogP contribution in [-0.2, 0) is 12.0 Å². The standard InChI is InChI=1S/C17H23N3O2/c1-11(2)15-14(16(21)22)18-19-20(15)10-12-6-8-13(9-7-12)17(3,4)5/h6-9,11H,10H2,1-5H3,(H,21,22). The van der Waals surface area contributed by atoms with E-state index in [4.69, 9.17) is 0 Å². The Balaban J connectivity index is 2.30. The maximum Gasteiger partial charge on any atom is 0.358 e. The number of hydrogen-bond donors (Lipinski definition) is 1. The van der Waals surface area contributed by atoms with Gasteiger partial charge in [-0.3, -0.25) is 0 Å². The third-order valence-electron chi connectivity index (χ3n) is 3.68. The summed E-state index contributed by atoms with van der Waals surface area (Å²) in [4.78, 5) is 11.2. The van der Waals surface area contributed by atoms with E-state index >= 15 is 0 Å². The van der Waals surface area contributed by atoms with Crippen LogP contribution in [0.3, 0.4) is 0 Å². The first-order valence-corrected chi connectivity index (χ1v) is 7.46. The second-order valence-corrected chi connectivity index (χ2v) is 6.89. The molecule has 1 heterocycles. The first-order chi connectivity index (χ1) is 10.2. The van der Waals surface area contributed by atoms with E-state index in [0.717, 1.165) is 5.56 Å². The number of benzene rings is 1. The summed E-state index contributed by atoms with van der Waals surface area (Å²) >= 11 is 0. The lowest BCUT2D eigenvalue weighted by Gasteiger charge is -2.19. The van der Waals surface area contributed by atoms with E-state index < -0.39 is 5.97 Å². The Hall–Kier alpha value is -2.17. The van der Waals surface area contributed by atoms with E-state index in [1.54, 1.807) is 4.68 Å². The van der Waals surface area contributed by atoms with Crippen molar-refractivity contribution in [1.82, 2.24) is 15.0 Å². The summed E-state index contributed by atoms with van der Waals surface area (Å²) in [6.07, 6.45) is 0. The molecular weight excluding hydrogens is 278 g/mol. The molecule has 0 unspecified atom stereocenters. The van der Waals surface area contributed by atoms with E-state index in [1.165, 1.54) is 5.56 Å². The fourth-order valence-corrected chi connectivity index (χ4v) is 2.44. The van der Waals surface area contributed by atoms with E-state index in [9.17, 15) is 9.90 Å². The van der Waals surface area contributed by atoms with Gasteiger partial charge in [-0.2, -0.15) is 0 Å². The largest absolute Gasteiger partial charge is 0.476 e. The molecule has 5 heteroatoms. The summed E-state index contributed by atoms with van der Waals surface area (Å²) in [7, 11) is 0. The van der Waals surface area contributed by atoms with Gasteiger partial charge in [0.05, 0.1) is 12.2 Å². The Morgan fingerprint density at radius 3 is 2.27 bits per heavy atom. The van der Waals surface area contributed by atoms with E-state index in [-0.39, 0.29) is 17.0 Å². The number of hydrogen-bond acceptors (Lipinski definition) is 3. The van der Waals surface area contributed by atoms with Crippen LogP contribution in [0.4, 0.5) is 0 Å². The lowest BCUT2D eigenvalue weighted by atomic mass is 9.87. The molecule has 5 nitrogen and oxygen atoms in total. The van der Waals surface area contributed by atoms with Gasteiger partial charge in [-0.15, -0.1) is 5.10 Å². The third-order valence-corrected chi connectivity index (χ3v) is 3.68. The zero-order valence-electron chi connectivity index (χ0n) is 13.8. The zero-order chi connectivity index (χ0) is 16.5. The van der Waals surface area contributed by atoms with Gasteiger partial charge in [0.25, 0.3) is 0 Å². The highest BCUT2D eigenvalue weighted by molar-refractivity contribution is 5.86. The fourth-order valence-electron chi connectivity index (χ4n) is 2.44. The molecule has 0 saturated heterocycles. The van der Waals surface area contributed by atoms with Crippen LogP contribution in [0.15, 0.2) is 24.3 Å². The number of aromatic nitrogens is 3. The monoisotopic (exact) mass is 301 g/mol. The molecule has 22 heavy (non-hydrogen) atoms. The van der Waals surface area contributed by atoms with Crippen molar-refractivity contribution in [3.63, 3.8) is 0 Å². The van der Waals surface area contributed by atoms with Gasteiger partial charge in [-0.05, 0) is 22.5 Å². The van der Waals surface area contributed by atoms with Gasteiger partial charge in [0.1, 0.15) is 0 Å². The van der Waals surface area contributed by atoms with Crippen LogP contribution in [-0.4, -0.2) is 26.1 Å². The second-order valence-electron chi connectivity index (χ2n) is 6.89. The first-order valence-electron chi connectivity index (χ1n) is 7.46. The number of aromatic carboxylic acids is 1. The normalized spacial score (nSPS) is 11.9. The highest BCUT2D eigenvalue weighted by atomic mass is 16.4. The lowest BCUT2D eigenvalue weighted by Crippen LogP contribution is -2.12. The highest BCUT2D eigenvalue weighted by Gasteiger charge is 2.21. The highest BCUT2D eigenvalue weighted by Crippen LogP contribution is 2.23. The Kier molecular flexibility index (Phi) is 4.35. The molecule has 118 valence electrons. The number of rotatable bonds is 4. The summed E-state index contributed by atoms with van der Waals surface area (Å²) in [5.74, 6) is -0.979. The number of carboxylic acids is 1. The molecule has 0 amide bonds. The molecule has 1 aromatic heterocycles. The average Bonchev–Trinajstić information content (AvgIpc) is 2.82. The van der Waals surface area contributed by atoms with Gasteiger partial charge in [0, 0.05) is 0 Å². The molecule has 0 atom stereocenters. The van der Waals surface area contributed by atoms with E-state index in [1.807, 2.05) is 13.8 Å². The summed E-state index contributed by atoms with van der Waals surface area (Å²) in [6, 6.07) is 8.35. The topological polar surface area (TPSA) is 68.0 Å². The molecule has 0 fully saturated rings. The molecule has 0 aliphatic rings. The first kappa shape index (κ1) is 16.2. The summed E-state index contributed by atoms with van der Waals surface area (Å²) < 4.78 is 1.68. The van der Waals surface area contributed by atoms with Crippen LogP contribution in [0, 0.1) is 0 Å². The third kappa shape index (κ3) is 3.35. The molecule has 2 rings (SSSR count). The van der Waals surface area contributed by atoms with Crippen molar-refractivity contribution in [2.75, 3.05) is 0 Å². The molecule has 1 N–H and O–H groups in total. The van der Waals surface area contributed by atoms with E-state index in [2.05, 4.69) is 55.3 Å². The Morgan fingerprint density at radius 2 is 1.82 bits per heavy atom. The van der Waals surface area contributed by atoms with Crippen LogP contribution in [0.5, 0.6) is 0 Å². The number of carbonyl (C=O) groups is 1. The van der Waals surface area contributed by atoms with Crippen LogP contribution in [0.2, 0.25) is 0 Å². The molecule has 0 bridgehead atoms. The van der Waals surface area contributed by atoms with Gasteiger partial charge < -0.3 is 5.11 Å². The van der Waals surface area contributed by atoms with Gasteiger partial charge in [-0.1, -0.05) is 64.1 Å². The summed E-state index contributed by atoms with van der Waals surface area (Å²) in [5, 5.41) is 17.0. The molecule has 0 spiro atoms. The minimum absolute atomic E-state index is 0.0429. The van der Waals surface area contributed by atoms with Gasteiger partial charge in [0.15, 0.2) is 5.69 Å². The fraction of sp³-hybridized carbons (Fsp3) is 0.471. The Labute approximate surface area is 131 Å². The minimum Gasteiger partial charge on any atom is -0.476 e. The maximum atomic E-state index is 11.2. The smallest absolute Gasteiger partial charge is 0.358 e. The number of nitrogens with zero attached hydrogens (tertiary/aromatic N) is 3. The Morgan fingerprint density at radius 1 is 1.23 bits per heavy atom. The van der Waals surface area contributed by atoms with Crippen LogP contribution in [0.25, 0.3) is 0 Å².